The van der Waals surface area contributed by atoms with Gasteiger partial charge in [0.05, 0.1) is 18.8 Å². The van der Waals surface area contributed by atoms with E-state index in [0.29, 0.717) is 42.2 Å². The highest BCUT2D eigenvalue weighted by atomic mass is 19.3. The molecule has 2 saturated heterocycles. The molecule has 4 aliphatic heterocycles. The number of aromatic nitrogens is 4. The molecule has 0 atom stereocenters. The summed E-state index contributed by atoms with van der Waals surface area (Å²) in [6.45, 7) is 8.32. The number of nitrogens with zero attached hydrogens (tertiary/aromatic N) is 7. The average Bonchev–Trinajstić information content (AvgIpc) is 3.72. The Labute approximate surface area is 282 Å². The number of halogens is 2. The molecule has 3 aromatic rings. The van der Waals surface area contributed by atoms with E-state index in [9.17, 15) is 13.6 Å². The Balaban J connectivity index is 1.08. The van der Waals surface area contributed by atoms with Crippen LogP contribution in [-0.2, 0) is 31.2 Å². The first-order chi connectivity index (χ1) is 23.3. The molecule has 0 bridgehead atoms. The standard InChI is InChI=1S/C37H50F2N8O/c1-25(48)45-17-9-33-32(24-45)36(46-16-3-4-26-20-30(27-22-41-43(2)23-27)31(35(38)39)21-34(26)46)42-47(33)29-5-10-37(11-6-29)12-18-44(19-13-37)28-7-14-40-15-8-28/h20-23,28-29,35,40H,3-19,24H2,1-2H3. The fraction of sp³-hybridized carbons (Fsp3) is 0.649. The van der Waals surface area contributed by atoms with Gasteiger partial charge in [-0.25, -0.2) is 8.78 Å². The minimum atomic E-state index is -2.62. The maximum absolute atomic E-state index is 14.6. The molecule has 48 heavy (non-hydrogen) atoms. The first-order valence-corrected chi connectivity index (χ1v) is 18.3. The summed E-state index contributed by atoms with van der Waals surface area (Å²) in [7, 11) is 1.81. The van der Waals surface area contributed by atoms with E-state index >= 15 is 0 Å². The van der Waals surface area contributed by atoms with Crippen LogP contribution in [-0.4, -0.2) is 80.6 Å². The topological polar surface area (TPSA) is 74.5 Å². The fourth-order valence-corrected chi connectivity index (χ4v) is 9.57. The summed E-state index contributed by atoms with van der Waals surface area (Å²) in [5, 5.41) is 13.1. The van der Waals surface area contributed by atoms with Crippen molar-refractivity contribution in [3.05, 3.63) is 46.9 Å². The first-order valence-electron chi connectivity index (χ1n) is 18.3. The number of carbonyl (C=O) groups is 1. The van der Waals surface area contributed by atoms with E-state index in [1.807, 2.05) is 11.0 Å². The van der Waals surface area contributed by atoms with Crippen molar-refractivity contribution in [2.45, 2.75) is 103 Å². The zero-order chi connectivity index (χ0) is 33.0. The highest BCUT2D eigenvalue weighted by Gasteiger charge is 2.41. The van der Waals surface area contributed by atoms with Gasteiger partial charge in [0.1, 0.15) is 0 Å². The second-order valence-corrected chi connectivity index (χ2v) is 15.2. The van der Waals surface area contributed by atoms with Gasteiger partial charge in [0.15, 0.2) is 5.82 Å². The van der Waals surface area contributed by atoms with E-state index in [2.05, 4.69) is 24.9 Å². The third-order valence-corrected chi connectivity index (χ3v) is 12.4. The molecule has 1 aliphatic carbocycles. The molecule has 8 rings (SSSR count). The summed E-state index contributed by atoms with van der Waals surface area (Å²) in [6.07, 6.45) is 13.2. The van der Waals surface area contributed by atoms with Crippen molar-refractivity contribution in [3.8, 4) is 11.1 Å². The molecule has 9 nitrogen and oxygen atoms in total. The monoisotopic (exact) mass is 660 g/mol. The van der Waals surface area contributed by atoms with Gasteiger partial charge in [-0.2, -0.15) is 10.2 Å². The lowest BCUT2D eigenvalue weighted by Crippen LogP contribution is -2.49. The van der Waals surface area contributed by atoms with Gasteiger partial charge in [0, 0.05) is 73.8 Å². The molecule has 6 heterocycles. The number of alkyl halides is 2. The third-order valence-electron chi connectivity index (χ3n) is 12.4. The normalized spacial score (nSPS) is 22.4. The van der Waals surface area contributed by atoms with Crippen molar-refractivity contribution in [2.24, 2.45) is 12.5 Å². The number of rotatable bonds is 5. The molecular formula is C37H50F2N8O. The molecule has 0 unspecified atom stereocenters. The number of hydrogen-bond acceptors (Lipinski definition) is 6. The number of benzene rings is 1. The predicted molar refractivity (Wildman–Crippen MR) is 183 cm³/mol. The lowest BCUT2D eigenvalue weighted by atomic mass is 9.66. The highest BCUT2D eigenvalue weighted by Crippen LogP contribution is 2.49. The lowest BCUT2D eigenvalue weighted by Gasteiger charge is -2.48. The summed E-state index contributed by atoms with van der Waals surface area (Å²) in [6, 6.07) is 4.72. The molecule has 258 valence electrons. The third kappa shape index (κ3) is 5.84. The summed E-state index contributed by atoms with van der Waals surface area (Å²) in [5.41, 5.74) is 5.93. The summed E-state index contributed by atoms with van der Waals surface area (Å²) < 4.78 is 33.2. The first kappa shape index (κ1) is 31.9. The number of piperidine rings is 2. The number of carbonyl (C=O) groups excluding carboxylic acids is 1. The average molecular weight is 661 g/mol. The molecule has 1 saturated carbocycles. The Bertz CT molecular complexity index is 1640. The second-order valence-electron chi connectivity index (χ2n) is 15.2. The lowest BCUT2D eigenvalue weighted by molar-refractivity contribution is -0.129. The number of likely N-dealkylation sites (tertiary alicyclic amines) is 1. The largest absolute Gasteiger partial charge is 0.338 e. The van der Waals surface area contributed by atoms with Crippen LogP contribution in [0.15, 0.2) is 24.5 Å². The van der Waals surface area contributed by atoms with Crippen LogP contribution in [0.5, 0.6) is 0 Å². The molecular weight excluding hydrogens is 610 g/mol. The Morgan fingerprint density at radius 3 is 2.44 bits per heavy atom. The molecule has 11 heteroatoms. The van der Waals surface area contributed by atoms with E-state index in [-0.39, 0.29) is 11.5 Å². The zero-order valence-corrected chi connectivity index (χ0v) is 28.6. The van der Waals surface area contributed by atoms with Crippen LogP contribution in [0.2, 0.25) is 0 Å². The summed E-state index contributed by atoms with van der Waals surface area (Å²) in [4.78, 5) is 19.4. The van der Waals surface area contributed by atoms with Crippen LogP contribution >= 0.6 is 0 Å². The molecule has 0 radical (unpaired) electrons. The minimum Gasteiger partial charge on any atom is -0.338 e. The summed E-state index contributed by atoms with van der Waals surface area (Å²) in [5.74, 6) is 0.914. The quantitative estimate of drug-likeness (QED) is 0.354. The van der Waals surface area contributed by atoms with Crippen molar-refractivity contribution in [1.29, 1.82) is 0 Å². The van der Waals surface area contributed by atoms with Crippen molar-refractivity contribution in [3.63, 3.8) is 0 Å². The summed E-state index contributed by atoms with van der Waals surface area (Å²) >= 11 is 0. The van der Waals surface area contributed by atoms with Crippen molar-refractivity contribution in [1.82, 2.24) is 34.7 Å². The number of anilines is 2. The van der Waals surface area contributed by atoms with E-state index in [1.54, 1.807) is 37.1 Å². The Morgan fingerprint density at radius 2 is 1.75 bits per heavy atom. The molecule has 1 N–H and O–H groups in total. The fourth-order valence-electron chi connectivity index (χ4n) is 9.57. The number of aryl methyl sites for hydroxylation is 2. The van der Waals surface area contributed by atoms with Gasteiger partial charge in [-0.15, -0.1) is 0 Å². The van der Waals surface area contributed by atoms with Gasteiger partial charge in [0.2, 0.25) is 5.91 Å². The van der Waals surface area contributed by atoms with Crippen LogP contribution in [0.3, 0.4) is 0 Å². The molecule has 1 spiro atoms. The van der Waals surface area contributed by atoms with Gasteiger partial charge in [0.25, 0.3) is 6.43 Å². The maximum Gasteiger partial charge on any atom is 0.264 e. The predicted octanol–water partition coefficient (Wildman–Crippen LogP) is 6.16. The molecule has 1 amide bonds. The molecule has 5 aliphatic rings. The smallest absolute Gasteiger partial charge is 0.264 e. The van der Waals surface area contributed by atoms with Gasteiger partial charge in [-0.05, 0) is 119 Å². The van der Waals surface area contributed by atoms with E-state index in [0.717, 1.165) is 73.9 Å². The number of hydrogen-bond donors (Lipinski definition) is 1. The van der Waals surface area contributed by atoms with E-state index in [1.165, 1.54) is 57.3 Å². The Morgan fingerprint density at radius 1 is 0.979 bits per heavy atom. The molecule has 1 aromatic carbocycles. The number of nitrogens with one attached hydrogen (secondary N) is 1. The maximum atomic E-state index is 14.6. The van der Waals surface area contributed by atoms with Crippen LogP contribution in [0.25, 0.3) is 11.1 Å². The molecule has 3 fully saturated rings. The van der Waals surface area contributed by atoms with Crippen molar-refractivity contribution >= 4 is 17.4 Å². The minimum absolute atomic E-state index is 0.0242. The van der Waals surface area contributed by atoms with Crippen LogP contribution < -0.4 is 10.2 Å². The van der Waals surface area contributed by atoms with Gasteiger partial charge in [-0.1, -0.05) is 0 Å². The van der Waals surface area contributed by atoms with Crippen molar-refractivity contribution < 1.29 is 13.6 Å². The Kier molecular flexibility index (Phi) is 8.55. The second kappa shape index (κ2) is 12.9. The van der Waals surface area contributed by atoms with Crippen LogP contribution in [0.1, 0.15) is 99.6 Å². The SMILES string of the molecule is CC(=O)N1CCc2c(c(N3CCCc4cc(-c5cnn(C)c5)c(C(F)F)cc43)nn2C2CCC3(CC2)CCN(C2CCNCC2)CC3)C1. The van der Waals surface area contributed by atoms with Gasteiger partial charge >= 0.3 is 0 Å². The Hall–Kier alpha value is -3.31. The molecule has 2 aromatic heterocycles. The number of amides is 1. The highest BCUT2D eigenvalue weighted by molar-refractivity contribution is 5.78. The van der Waals surface area contributed by atoms with Crippen LogP contribution in [0, 0.1) is 5.41 Å². The van der Waals surface area contributed by atoms with E-state index in [4.69, 9.17) is 5.10 Å². The van der Waals surface area contributed by atoms with Gasteiger partial charge < -0.3 is 20.0 Å². The number of fused-ring (bicyclic) bond motifs is 2. The van der Waals surface area contributed by atoms with E-state index < -0.39 is 6.43 Å². The zero-order valence-electron chi connectivity index (χ0n) is 28.6. The van der Waals surface area contributed by atoms with Gasteiger partial charge in [-0.3, -0.25) is 14.2 Å². The van der Waals surface area contributed by atoms with Crippen molar-refractivity contribution in [2.75, 3.05) is 44.2 Å². The van der Waals surface area contributed by atoms with Crippen LogP contribution in [0.4, 0.5) is 20.3 Å².